The lowest BCUT2D eigenvalue weighted by Crippen LogP contribution is -2.40. The van der Waals surface area contributed by atoms with Gasteiger partial charge in [-0.25, -0.2) is 0 Å². The van der Waals surface area contributed by atoms with Gasteiger partial charge in [0.15, 0.2) is 0 Å². The Morgan fingerprint density at radius 3 is 2.47 bits per heavy atom. The zero-order chi connectivity index (χ0) is 14.5. The molecule has 0 aromatic heterocycles. The zero-order valence-electron chi connectivity index (χ0n) is 13.3. The summed E-state index contributed by atoms with van der Waals surface area (Å²) < 4.78 is 6.10. The Morgan fingerprint density at radius 1 is 1.26 bits per heavy atom. The van der Waals surface area contributed by atoms with Crippen molar-refractivity contribution in [1.29, 1.82) is 0 Å². The fraction of sp³-hybridized carbons (Fsp3) is 0.647. The van der Waals surface area contributed by atoms with Crippen molar-refractivity contribution in [3.63, 3.8) is 0 Å². The lowest BCUT2D eigenvalue weighted by atomic mass is 9.98. The van der Waals surface area contributed by atoms with Gasteiger partial charge in [-0.05, 0) is 62.9 Å². The molecule has 0 radical (unpaired) electrons. The first-order chi connectivity index (χ1) is 8.85. The number of nitrogens with one attached hydrogen (secondary N) is 1. The highest BCUT2D eigenvalue weighted by molar-refractivity contribution is 5.36. The Balaban J connectivity index is 2.68. The topological polar surface area (TPSA) is 21.3 Å². The maximum absolute atomic E-state index is 6.10. The Bertz CT molecular complexity index is 396. The fourth-order valence-electron chi connectivity index (χ4n) is 2.28. The van der Waals surface area contributed by atoms with Crippen LogP contribution in [-0.2, 0) is 0 Å². The molecule has 19 heavy (non-hydrogen) atoms. The Hall–Kier alpha value is -1.02. The molecule has 0 saturated carbocycles. The number of hydrogen-bond donors (Lipinski definition) is 1. The molecule has 1 N–H and O–H groups in total. The van der Waals surface area contributed by atoms with Crippen molar-refractivity contribution in [2.75, 3.05) is 13.1 Å². The molecule has 0 fully saturated rings. The first-order valence-corrected chi connectivity index (χ1v) is 7.36. The molecule has 0 bridgehead atoms. The van der Waals surface area contributed by atoms with E-state index in [2.05, 4.69) is 65.1 Å². The summed E-state index contributed by atoms with van der Waals surface area (Å²) in [5, 5.41) is 3.41. The third-order valence-corrected chi connectivity index (χ3v) is 3.23. The minimum Gasteiger partial charge on any atom is -0.487 e. The number of ether oxygens (including phenoxy) is 1. The van der Waals surface area contributed by atoms with E-state index < -0.39 is 0 Å². The first-order valence-electron chi connectivity index (χ1n) is 7.36. The largest absolute Gasteiger partial charge is 0.487 e. The van der Waals surface area contributed by atoms with E-state index in [0.717, 1.165) is 25.3 Å². The standard InChI is InChI=1S/C17H29NO/c1-7-10-18-12-17(5,6)19-15-8-9-16(13(2)3)14(4)11-15/h8-9,11,13,18H,7,10,12H2,1-6H3. The Labute approximate surface area is 118 Å². The average Bonchev–Trinajstić information content (AvgIpc) is 2.28. The van der Waals surface area contributed by atoms with Crippen molar-refractivity contribution in [2.45, 2.75) is 59.5 Å². The van der Waals surface area contributed by atoms with Gasteiger partial charge in [-0.3, -0.25) is 0 Å². The van der Waals surface area contributed by atoms with Crippen LogP contribution in [0.4, 0.5) is 0 Å². The van der Waals surface area contributed by atoms with Crippen molar-refractivity contribution in [3.8, 4) is 5.75 Å². The van der Waals surface area contributed by atoms with Crippen LogP contribution < -0.4 is 10.1 Å². The smallest absolute Gasteiger partial charge is 0.120 e. The second kappa shape index (κ2) is 6.95. The number of benzene rings is 1. The molecule has 0 aliphatic heterocycles. The fourth-order valence-corrected chi connectivity index (χ4v) is 2.28. The van der Waals surface area contributed by atoms with E-state index in [1.807, 2.05) is 0 Å². The quantitative estimate of drug-likeness (QED) is 0.742. The molecule has 2 nitrogen and oxygen atoms in total. The highest BCUT2D eigenvalue weighted by Gasteiger charge is 2.19. The van der Waals surface area contributed by atoms with E-state index in [1.165, 1.54) is 11.1 Å². The van der Waals surface area contributed by atoms with Crippen molar-refractivity contribution in [1.82, 2.24) is 5.32 Å². The van der Waals surface area contributed by atoms with Gasteiger partial charge in [0.25, 0.3) is 0 Å². The van der Waals surface area contributed by atoms with Gasteiger partial charge in [0.05, 0.1) is 0 Å². The van der Waals surface area contributed by atoms with Gasteiger partial charge < -0.3 is 10.1 Å². The molecule has 108 valence electrons. The molecule has 0 saturated heterocycles. The van der Waals surface area contributed by atoms with Gasteiger partial charge >= 0.3 is 0 Å². The molecule has 0 atom stereocenters. The van der Waals surface area contributed by atoms with Crippen LogP contribution in [0.25, 0.3) is 0 Å². The first kappa shape index (κ1) is 16.0. The second-order valence-electron chi connectivity index (χ2n) is 6.21. The van der Waals surface area contributed by atoms with Gasteiger partial charge in [-0.2, -0.15) is 0 Å². The van der Waals surface area contributed by atoms with E-state index in [4.69, 9.17) is 4.74 Å². The van der Waals surface area contributed by atoms with Crippen LogP contribution >= 0.6 is 0 Å². The van der Waals surface area contributed by atoms with E-state index in [1.54, 1.807) is 0 Å². The molecule has 0 unspecified atom stereocenters. The Morgan fingerprint density at radius 2 is 1.95 bits per heavy atom. The maximum atomic E-state index is 6.10. The van der Waals surface area contributed by atoms with Crippen molar-refractivity contribution in [3.05, 3.63) is 29.3 Å². The minimum absolute atomic E-state index is 0.180. The summed E-state index contributed by atoms with van der Waals surface area (Å²) in [5.74, 6) is 1.53. The van der Waals surface area contributed by atoms with Crippen LogP contribution in [0.5, 0.6) is 5.75 Å². The van der Waals surface area contributed by atoms with Gasteiger partial charge in [0.1, 0.15) is 11.4 Å². The van der Waals surface area contributed by atoms with Crippen molar-refractivity contribution in [2.24, 2.45) is 0 Å². The van der Waals surface area contributed by atoms with Gasteiger partial charge in [-0.1, -0.05) is 26.8 Å². The second-order valence-corrected chi connectivity index (χ2v) is 6.21. The summed E-state index contributed by atoms with van der Waals surface area (Å²) in [7, 11) is 0. The molecule has 2 heteroatoms. The molecule has 0 amide bonds. The third kappa shape index (κ3) is 5.23. The van der Waals surface area contributed by atoms with E-state index in [9.17, 15) is 0 Å². The molecular weight excluding hydrogens is 234 g/mol. The minimum atomic E-state index is -0.180. The molecule has 0 aliphatic rings. The van der Waals surface area contributed by atoms with Gasteiger partial charge in [0, 0.05) is 6.54 Å². The zero-order valence-corrected chi connectivity index (χ0v) is 13.3. The summed E-state index contributed by atoms with van der Waals surface area (Å²) in [6, 6.07) is 6.42. The normalized spacial score (nSPS) is 11.9. The van der Waals surface area contributed by atoms with Crippen LogP contribution in [0.3, 0.4) is 0 Å². The molecule has 0 spiro atoms. The SMILES string of the molecule is CCCNCC(C)(C)Oc1ccc(C(C)C)c(C)c1. The van der Waals surface area contributed by atoms with Crippen molar-refractivity contribution >= 4 is 0 Å². The number of hydrogen-bond acceptors (Lipinski definition) is 2. The summed E-state index contributed by atoms with van der Waals surface area (Å²) in [4.78, 5) is 0. The predicted molar refractivity (Wildman–Crippen MR) is 83.1 cm³/mol. The van der Waals surface area contributed by atoms with E-state index in [0.29, 0.717) is 5.92 Å². The van der Waals surface area contributed by atoms with Crippen LogP contribution in [0.1, 0.15) is 58.1 Å². The average molecular weight is 263 g/mol. The van der Waals surface area contributed by atoms with Crippen LogP contribution in [-0.4, -0.2) is 18.7 Å². The highest BCUT2D eigenvalue weighted by Crippen LogP contribution is 2.25. The van der Waals surface area contributed by atoms with Gasteiger partial charge in [-0.15, -0.1) is 0 Å². The maximum Gasteiger partial charge on any atom is 0.120 e. The summed E-state index contributed by atoms with van der Waals surface area (Å²) in [6.45, 7) is 14.9. The molecule has 1 aromatic rings. The van der Waals surface area contributed by atoms with E-state index in [-0.39, 0.29) is 5.60 Å². The summed E-state index contributed by atoms with van der Waals surface area (Å²) in [6.07, 6.45) is 1.15. The lowest BCUT2D eigenvalue weighted by molar-refractivity contribution is 0.108. The van der Waals surface area contributed by atoms with Crippen LogP contribution in [0, 0.1) is 6.92 Å². The van der Waals surface area contributed by atoms with Crippen LogP contribution in [0.2, 0.25) is 0 Å². The molecule has 0 heterocycles. The predicted octanol–water partition coefficient (Wildman–Crippen LogP) is 4.28. The highest BCUT2D eigenvalue weighted by atomic mass is 16.5. The third-order valence-electron chi connectivity index (χ3n) is 3.23. The molecule has 1 rings (SSSR count). The van der Waals surface area contributed by atoms with Crippen molar-refractivity contribution < 1.29 is 4.74 Å². The van der Waals surface area contributed by atoms with Crippen LogP contribution in [0.15, 0.2) is 18.2 Å². The number of aryl methyl sites for hydroxylation is 1. The number of rotatable bonds is 7. The molecule has 1 aromatic carbocycles. The summed E-state index contributed by atoms with van der Waals surface area (Å²) >= 11 is 0. The van der Waals surface area contributed by atoms with Gasteiger partial charge in [0.2, 0.25) is 0 Å². The summed E-state index contributed by atoms with van der Waals surface area (Å²) in [5.41, 5.74) is 2.53. The molecule has 0 aliphatic carbocycles. The lowest BCUT2D eigenvalue weighted by Gasteiger charge is -2.27. The van der Waals surface area contributed by atoms with E-state index >= 15 is 0 Å². The molecular formula is C17H29NO. The monoisotopic (exact) mass is 263 g/mol. The Kier molecular flexibility index (Phi) is 5.86.